The normalized spacial score (nSPS) is 14.0. The Morgan fingerprint density at radius 1 is 1.25 bits per heavy atom. The fourth-order valence-corrected chi connectivity index (χ4v) is 3.64. The molecule has 0 radical (unpaired) electrons. The van der Waals surface area contributed by atoms with Crippen molar-refractivity contribution in [3.8, 4) is 11.5 Å². The predicted molar refractivity (Wildman–Crippen MR) is 138 cm³/mol. The number of hydrogen-bond donors (Lipinski definition) is 3. The molecule has 0 atom stereocenters. The third-order valence-electron chi connectivity index (χ3n) is 5.76. The number of anilines is 2. The first-order valence-corrected chi connectivity index (χ1v) is 11.8. The van der Waals surface area contributed by atoms with E-state index in [4.69, 9.17) is 25.8 Å². The predicted octanol–water partition coefficient (Wildman–Crippen LogP) is 2.90. The van der Waals surface area contributed by atoms with Crippen LogP contribution in [0.2, 0.25) is 0 Å². The summed E-state index contributed by atoms with van der Waals surface area (Å²) in [5.41, 5.74) is 8.93. The number of rotatable bonds is 11. The van der Waals surface area contributed by atoms with Crippen molar-refractivity contribution >= 4 is 28.2 Å². The van der Waals surface area contributed by atoms with Crippen molar-refractivity contribution in [2.24, 2.45) is 17.5 Å². The summed E-state index contributed by atoms with van der Waals surface area (Å²) in [4.78, 5) is 21.2. The average molecular weight is 493 g/mol. The lowest BCUT2D eigenvalue weighted by Gasteiger charge is -2.27. The molecule has 0 unspecified atom stereocenters. The molecular weight excluding hydrogens is 460 g/mol. The molecule has 1 aromatic heterocycles. The van der Waals surface area contributed by atoms with Crippen LogP contribution in [0.3, 0.4) is 0 Å². The number of ether oxygens (including phenoxy) is 3. The van der Waals surface area contributed by atoms with Gasteiger partial charge < -0.3 is 30.3 Å². The topological polar surface area (TPSA) is 138 Å². The maximum atomic E-state index is 12.4. The lowest BCUT2D eigenvalue weighted by molar-refractivity contribution is -0.119. The van der Waals surface area contributed by atoms with Crippen LogP contribution in [0.25, 0.3) is 10.9 Å². The van der Waals surface area contributed by atoms with Gasteiger partial charge in [0.25, 0.3) is 0 Å². The summed E-state index contributed by atoms with van der Waals surface area (Å²) >= 11 is 0. The molecule has 2 heterocycles. The van der Waals surface area contributed by atoms with Crippen molar-refractivity contribution in [2.45, 2.75) is 26.4 Å². The highest BCUT2D eigenvalue weighted by Gasteiger charge is 2.21. The van der Waals surface area contributed by atoms with Crippen LogP contribution in [0.1, 0.15) is 19.4 Å². The number of ketones is 1. The molecule has 2 aromatic carbocycles. The van der Waals surface area contributed by atoms with Gasteiger partial charge in [0.2, 0.25) is 0 Å². The Morgan fingerprint density at radius 2 is 2.00 bits per heavy atom. The summed E-state index contributed by atoms with van der Waals surface area (Å²) in [5.74, 6) is 7.93. The number of Topliss-reactive ketones (excluding diaryl/α,β-unsaturated/α-hetero) is 1. The number of methoxy groups -OCH3 is 1. The fourth-order valence-electron chi connectivity index (χ4n) is 3.64. The Morgan fingerprint density at radius 3 is 2.64 bits per heavy atom. The number of hydrazine groups is 1. The Kier molecular flexibility index (Phi) is 7.87. The molecule has 5 N–H and O–H groups in total. The SMILES string of the molecule is COc1cc(OC2COC2)cc2ncnc(Nc3ccc(CC(=O)CN(N)/C=C(\N)C(C)C)cc3)c12. The summed E-state index contributed by atoms with van der Waals surface area (Å²) < 4.78 is 16.7. The number of benzene rings is 2. The molecule has 36 heavy (non-hydrogen) atoms. The second-order valence-electron chi connectivity index (χ2n) is 9.01. The zero-order valence-electron chi connectivity index (χ0n) is 20.7. The Hall–Kier alpha value is -3.89. The zero-order valence-corrected chi connectivity index (χ0v) is 20.7. The molecule has 1 fully saturated rings. The van der Waals surface area contributed by atoms with E-state index < -0.39 is 0 Å². The number of allylic oxidation sites excluding steroid dienone is 1. The first-order chi connectivity index (χ1) is 17.3. The summed E-state index contributed by atoms with van der Waals surface area (Å²) in [6, 6.07) is 11.3. The number of carbonyl (C=O) groups is 1. The zero-order chi connectivity index (χ0) is 25.7. The quantitative estimate of drug-likeness (QED) is 0.270. The van der Waals surface area contributed by atoms with Gasteiger partial charge in [-0.3, -0.25) is 4.79 Å². The Labute approximate surface area is 210 Å². The van der Waals surface area contributed by atoms with E-state index in [1.54, 1.807) is 13.3 Å². The van der Waals surface area contributed by atoms with Crippen LogP contribution in [-0.4, -0.2) is 53.7 Å². The van der Waals surface area contributed by atoms with Gasteiger partial charge in [-0.05, 0) is 23.6 Å². The van der Waals surface area contributed by atoms with E-state index in [-0.39, 0.29) is 30.8 Å². The first kappa shape index (κ1) is 25.2. The molecule has 10 heteroatoms. The van der Waals surface area contributed by atoms with E-state index in [0.717, 1.165) is 16.6 Å². The van der Waals surface area contributed by atoms with Gasteiger partial charge in [-0.1, -0.05) is 26.0 Å². The number of aromatic nitrogens is 2. The van der Waals surface area contributed by atoms with Gasteiger partial charge in [-0.25, -0.2) is 15.8 Å². The van der Waals surface area contributed by atoms with Gasteiger partial charge in [-0.15, -0.1) is 0 Å². The minimum absolute atomic E-state index is 0.0102. The third kappa shape index (κ3) is 6.21. The molecule has 1 aliphatic rings. The lowest BCUT2D eigenvalue weighted by Crippen LogP contribution is -2.38. The van der Waals surface area contributed by atoms with Crippen LogP contribution in [0, 0.1) is 5.92 Å². The maximum Gasteiger partial charge on any atom is 0.158 e. The van der Waals surface area contributed by atoms with Crippen LogP contribution in [-0.2, 0) is 16.0 Å². The highest BCUT2D eigenvalue weighted by Crippen LogP contribution is 2.35. The summed E-state index contributed by atoms with van der Waals surface area (Å²) in [7, 11) is 1.60. The molecule has 1 aliphatic heterocycles. The van der Waals surface area contributed by atoms with E-state index in [2.05, 4.69) is 15.3 Å². The van der Waals surface area contributed by atoms with Crippen LogP contribution < -0.4 is 26.4 Å². The average Bonchev–Trinajstić information content (AvgIpc) is 2.82. The van der Waals surface area contributed by atoms with Crippen LogP contribution >= 0.6 is 0 Å². The van der Waals surface area contributed by atoms with Gasteiger partial charge in [0.1, 0.15) is 29.7 Å². The van der Waals surface area contributed by atoms with E-state index in [1.165, 1.54) is 11.3 Å². The van der Waals surface area contributed by atoms with Crippen molar-refractivity contribution in [3.05, 3.63) is 60.2 Å². The summed E-state index contributed by atoms with van der Waals surface area (Å²) in [5, 5.41) is 5.40. The first-order valence-electron chi connectivity index (χ1n) is 11.8. The molecule has 0 amide bonds. The number of nitrogens with one attached hydrogen (secondary N) is 1. The Balaban J connectivity index is 1.44. The van der Waals surface area contributed by atoms with E-state index in [0.29, 0.717) is 41.7 Å². The highest BCUT2D eigenvalue weighted by molar-refractivity contribution is 5.96. The molecule has 0 aliphatic carbocycles. The second kappa shape index (κ2) is 11.2. The molecule has 1 saturated heterocycles. The molecule has 3 aromatic rings. The largest absolute Gasteiger partial charge is 0.496 e. The molecule has 10 nitrogen and oxygen atoms in total. The third-order valence-corrected chi connectivity index (χ3v) is 5.76. The maximum absolute atomic E-state index is 12.4. The summed E-state index contributed by atoms with van der Waals surface area (Å²) in [6.45, 7) is 5.17. The van der Waals surface area contributed by atoms with E-state index in [1.807, 2.05) is 50.2 Å². The van der Waals surface area contributed by atoms with Crippen molar-refractivity contribution in [1.29, 1.82) is 0 Å². The van der Waals surface area contributed by atoms with Gasteiger partial charge in [-0.2, -0.15) is 0 Å². The molecule has 4 rings (SSSR count). The monoisotopic (exact) mass is 492 g/mol. The number of fused-ring (bicyclic) bond motifs is 1. The van der Waals surface area contributed by atoms with E-state index >= 15 is 0 Å². The number of nitrogens with two attached hydrogens (primary N) is 2. The molecule has 0 saturated carbocycles. The van der Waals surface area contributed by atoms with Crippen molar-refractivity contribution in [3.63, 3.8) is 0 Å². The molecule has 190 valence electrons. The highest BCUT2D eigenvalue weighted by atomic mass is 16.6. The Bertz CT molecular complexity index is 1240. The standard InChI is InChI=1S/C26H32N6O4/c1-16(2)22(27)12-32(28)11-19(33)8-17-4-6-18(7-5-17)31-26-25-23(29-15-30-26)9-20(10-24(25)34-3)36-21-13-35-14-21/h4-7,9-10,12,15-16,21H,8,11,13-14,27-28H2,1-3H3,(H,29,30,31)/b22-12-. The van der Waals surface area contributed by atoms with Gasteiger partial charge in [0.05, 0.1) is 37.8 Å². The van der Waals surface area contributed by atoms with Gasteiger partial charge in [0, 0.05) is 36.1 Å². The van der Waals surface area contributed by atoms with Gasteiger partial charge >= 0.3 is 0 Å². The minimum Gasteiger partial charge on any atom is -0.496 e. The smallest absolute Gasteiger partial charge is 0.158 e. The van der Waals surface area contributed by atoms with Crippen molar-refractivity contribution in [2.75, 3.05) is 32.2 Å². The molecule has 0 spiro atoms. The number of carbonyl (C=O) groups excluding carboxylic acids is 1. The van der Waals surface area contributed by atoms with Crippen LogP contribution in [0.4, 0.5) is 11.5 Å². The van der Waals surface area contributed by atoms with Crippen LogP contribution in [0.15, 0.2) is 54.6 Å². The summed E-state index contributed by atoms with van der Waals surface area (Å²) in [6.07, 6.45) is 3.40. The number of hydrogen-bond acceptors (Lipinski definition) is 10. The second-order valence-corrected chi connectivity index (χ2v) is 9.01. The van der Waals surface area contributed by atoms with Crippen LogP contribution in [0.5, 0.6) is 11.5 Å². The minimum atomic E-state index is -0.0102. The van der Waals surface area contributed by atoms with E-state index in [9.17, 15) is 4.79 Å². The van der Waals surface area contributed by atoms with Crippen molar-refractivity contribution < 1.29 is 19.0 Å². The lowest BCUT2D eigenvalue weighted by atomic mass is 10.1. The fraction of sp³-hybridized carbons (Fsp3) is 0.346. The van der Waals surface area contributed by atoms with Crippen molar-refractivity contribution in [1.82, 2.24) is 15.0 Å². The van der Waals surface area contributed by atoms with Gasteiger partial charge in [0.15, 0.2) is 5.78 Å². The molecule has 0 bridgehead atoms. The molecular formula is C26H32N6O4. The number of nitrogens with zero attached hydrogens (tertiary/aromatic N) is 3.